The largest absolute Gasteiger partial charge is 0.508 e. The predicted molar refractivity (Wildman–Crippen MR) is 77.1 cm³/mol. The number of alkyl halides is 1. The van der Waals surface area contributed by atoms with Crippen LogP contribution in [0.3, 0.4) is 0 Å². The Bertz CT molecular complexity index is 409. The number of benzene rings is 1. The first-order valence-corrected chi connectivity index (χ1v) is 7.26. The van der Waals surface area contributed by atoms with Crippen molar-refractivity contribution in [1.29, 1.82) is 0 Å². The third-order valence-corrected chi connectivity index (χ3v) is 3.54. The molecule has 0 spiro atoms. The maximum atomic E-state index is 12.0. The number of rotatable bonds is 6. The molecule has 1 unspecified atom stereocenters. The van der Waals surface area contributed by atoms with E-state index >= 15 is 0 Å². The van der Waals surface area contributed by atoms with Crippen LogP contribution in [0.25, 0.3) is 0 Å². The first kappa shape index (κ1) is 15.0. The number of carbonyl (C=O) groups is 1. The van der Waals surface area contributed by atoms with Crippen LogP contribution in [0.2, 0.25) is 0 Å². The lowest BCUT2D eigenvalue weighted by Crippen LogP contribution is -2.46. The number of hydrogen-bond acceptors (Lipinski definition) is 2. The molecule has 1 aromatic carbocycles. The van der Waals surface area contributed by atoms with Crippen LogP contribution in [0.5, 0.6) is 5.75 Å². The topological polar surface area (TPSA) is 49.3 Å². The van der Waals surface area contributed by atoms with Crippen molar-refractivity contribution in [3.8, 4) is 5.75 Å². The van der Waals surface area contributed by atoms with E-state index in [1.807, 2.05) is 6.07 Å². The van der Waals surface area contributed by atoms with E-state index in [0.29, 0.717) is 6.42 Å². The average molecular weight is 314 g/mol. The summed E-state index contributed by atoms with van der Waals surface area (Å²) in [5, 5.41) is 13.3. The van der Waals surface area contributed by atoms with Crippen LogP contribution >= 0.6 is 15.9 Å². The van der Waals surface area contributed by atoms with E-state index in [-0.39, 0.29) is 17.2 Å². The Hall–Kier alpha value is -1.03. The highest BCUT2D eigenvalue weighted by atomic mass is 79.9. The van der Waals surface area contributed by atoms with Crippen molar-refractivity contribution in [2.75, 3.05) is 5.33 Å². The Morgan fingerprint density at radius 2 is 2.22 bits per heavy atom. The summed E-state index contributed by atoms with van der Waals surface area (Å²) >= 11 is 3.41. The molecule has 100 valence electrons. The summed E-state index contributed by atoms with van der Waals surface area (Å²) in [4.78, 5) is 12.0. The predicted octanol–water partition coefficient (Wildman–Crippen LogP) is 3.00. The Balaban J connectivity index is 2.61. The van der Waals surface area contributed by atoms with Gasteiger partial charge in [0, 0.05) is 10.9 Å². The van der Waals surface area contributed by atoms with E-state index in [2.05, 4.69) is 35.1 Å². The molecule has 2 N–H and O–H groups in total. The molecular weight excluding hydrogens is 294 g/mol. The number of aromatic hydroxyl groups is 1. The summed E-state index contributed by atoms with van der Waals surface area (Å²) < 4.78 is 0. The van der Waals surface area contributed by atoms with Gasteiger partial charge >= 0.3 is 0 Å². The number of carbonyl (C=O) groups excluding carboxylic acids is 1. The first-order valence-electron chi connectivity index (χ1n) is 6.14. The quantitative estimate of drug-likeness (QED) is 0.793. The van der Waals surface area contributed by atoms with Gasteiger partial charge < -0.3 is 10.4 Å². The summed E-state index contributed by atoms with van der Waals surface area (Å²) in [6.45, 7) is 4.12. The van der Waals surface area contributed by atoms with Crippen LogP contribution in [0.4, 0.5) is 0 Å². The maximum Gasteiger partial charge on any atom is 0.224 e. The van der Waals surface area contributed by atoms with Crippen LogP contribution in [0.1, 0.15) is 32.3 Å². The second-order valence-electron chi connectivity index (χ2n) is 4.75. The van der Waals surface area contributed by atoms with Gasteiger partial charge in [-0.25, -0.2) is 0 Å². The fourth-order valence-electron chi connectivity index (χ4n) is 1.77. The summed E-state index contributed by atoms with van der Waals surface area (Å²) in [6, 6.07) is 6.80. The van der Waals surface area contributed by atoms with Gasteiger partial charge in [0.25, 0.3) is 0 Å². The van der Waals surface area contributed by atoms with Gasteiger partial charge in [0.1, 0.15) is 5.75 Å². The molecule has 0 aliphatic rings. The molecule has 0 fully saturated rings. The van der Waals surface area contributed by atoms with E-state index < -0.39 is 0 Å². The maximum absolute atomic E-state index is 12.0. The number of phenolic OH excluding ortho intramolecular Hbond substituents is 1. The Kier molecular flexibility index (Phi) is 5.66. The third-order valence-electron chi connectivity index (χ3n) is 3.14. The van der Waals surface area contributed by atoms with Crippen LogP contribution in [-0.2, 0) is 11.2 Å². The van der Waals surface area contributed by atoms with Gasteiger partial charge in [-0.05, 0) is 37.5 Å². The fourth-order valence-corrected chi connectivity index (χ4v) is 2.64. The molecule has 1 rings (SSSR count). The Morgan fingerprint density at radius 1 is 1.50 bits per heavy atom. The van der Waals surface area contributed by atoms with Crippen molar-refractivity contribution in [3.05, 3.63) is 29.8 Å². The van der Waals surface area contributed by atoms with Gasteiger partial charge in [-0.15, -0.1) is 0 Å². The molecule has 0 radical (unpaired) electrons. The van der Waals surface area contributed by atoms with E-state index in [9.17, 15) is 9.90 Å². The summed E-state index contributed by atoms with van der Waals surface area (Å²) in [6.07, 6.45) is 2.09. The van der Waals surface area contributed by atoms with Crippen molar-refractivity contribution >= 4 is 21.8 Å². The van der Waals surface area contributed by atoms with Crippen LogP contribution in [0, 0.1) is 0 Å². The van der Waals surface area contributed by atoms with E-state index in [1.54, 1.807) is 18.2 Å². The molecule has 0 aliphatic carbocycles. The van der Waals surface area contributed by atoms with Crippen molar-refractivity contribution in [1.82, 2.24) is 5.32 Å². The molecule has 0 saturated heterocycles. The highest BCUT2D eigenvalue weighted by molar-refractivity contribution is 9.09. The number of nitrogens with one attached hydrogen (secondary N) is 1. The monoisotopic (exact) mass is 313 g/mol. The smallest absolute Gasteiger partial charge is 0.224 e. The number of halogens is 1. The van der Waals surface area contributed by atoms with Gasteiger partial charge in [-0.1, -0.05) is 35.0 Å². The number of phenols is 1. The first-order chi connectivity index (χ1) is 8.49. The minimum atomic E-state index is -0.169. The molecule has 0 aliphatic heterocycles. The molecule has 4 heteroatoms. The minimum Gasteiger partial charge on any atom is -0.508 e. The SMILES string of the molecule is CCC(C)(CCBr)NC(=O)Cc1cccc(O)c1. The van der Waals surface area contributed by atoms with Crippen molar-refractivity contribution in [3.63, 3.8) is 0 Å². The van der Waals surface area contributed by atoms with Crippen molar-refractivity contribution in [2.24, 2.45) is 0 Å². The molecule has 0 saturated carbocycles. The molecule has 3 nitrogen and oxygen atoms in total. The van der Waals surface area contributed by atoms with Crippen LogP contribution < -0.4 is 5.32 Å². The lowest BCUT2D eigenvalue weighted by atomic mass is 9.95. The van der Waals surface area contributed by atoms with E-state index in [0.717, 1.165) is 23.7 Å². The highest BCUT2D eigenvalue weighted by Crippen LogP contribution is 2.17. The summed E-state index contributed by atoms with van der Waals surface area (Å²) in [5.41, 5.74) is 0.655. The zero-order chi connectivity index (χ0) is 13.6. The van der Waals surface area contributed by atoms with Crippen molar-refractivity contribution in [2.45, 2.75) is 38.6 Å². The molecule has 0 bridgehead atoms. The Morgan fingerprint density at radius 3 is 2.78 bits per heavy atom. The zero-order valence-corrected chi connectivity index (χ0v) is 12.5. The van der Waals surface area contributed by atoms with Gasteiger partial charge in [-0.2, -0.15) is 0 Å². The lowest BCUT2D eigenvalue weighted by Gasteiger charge is -2.29. The summed E-state index contributed by atoms with van der Waals surface area (Å²) in [5.74, 6) is 0.185. The Labute approximate surface area is 117 Å². The standard InChI is InChI=1S/C14H20BrNO2/c1-3-14(2,7-8-15)16-13(18)10-11-5-4-6-12(17)9-11/h4-6,9,17H,3,7-8,10H2,1-2H3,(H,16,18). The highest BCUT2D eigenvalue weighted by Gasteiger charge is 2.23. The second-order valence-corrected chi connectivity index (χ2v) is 5.54. The molecular formula is C14H20BrNO2. The number of amides is 1. The molecule has 1 atom stereocenters. The normalized spacial score (nSPS) is 13.9. The lowest BCUT2D eigenvalue weighted by molar-refractivity contribution is -0.122. The zero-order valence-electron chi connectivity index (χ0n) is 10.9. The minimum absolute atomic E-state index is 0.00843. The van der Waals surface area contributed by atoms with E-state index in [1.165, 1.54) is 0 Å². The molecule has 0 heterocycles. The second kappa shape index (κ2) is 6.78. The molecule has 0 aromatic heterocycles. The molecule has 18 heavy (non-hydrogen) atoms. The van der Waals surface area contributed by atoms with E-state index in [4.69, 9.17) is 0 Å². The van der Waals surface area contributed by atoms with Gasteiger partial charge in [0.2, 0.25) is 5.91 Å². The molecule has 1 amide bonds. The summed E-state index contributed by atoms with van der Waals surface area (Å²) in [7, 11) is 0. The van der Waals surface area contributed by atoms with Crippen LogP contribution in [-0.4, -0.2) is 21.9 Å². The third kappa shape index (κ3) is 4.69. The average Bonchev–Trinajstić information content (AvgIpc) is 2.29. The van der Waals surface area contributed by atoms with Crippen LogP contribution in [0.15, 0.2) is 24.3 Å². The number of hydrogen-bond donors (Lipinski definition) is 2. The van der Waals surface area contributed by atoms with Gasteiger partial charge in [0.05, 0.1) is 6.42 Å². The van der Waals surface area contributed by atoms with Gasteiger partial charge in [0.15, 0.2) is 0 Å². The fraction of sp³-hybridized carbons (Fsp3) is 0.500. The molecule has 1 aromatic rings. The van der Waals surface area contributed by atoms with Crippen molar-refractivity contribution < 1.29 is 9.90 Å². The van der Waals surface area contributed by atoms with Gasteiger partial charge in [-0.3, -0.25) is 4.79 Å².